The number of rotatable bonds is 3. The van der Waals surface area contributed by atoms with E-state index in [2.05, 4.69) is 10.2 Å². The van der Waals surface area contributed by atoms with Crippen molar-refractivity contribution in [3.63, 3.8) is 0 Å². The van der Waals surface area contributed by atoms with Crippen LogP contribution < -0.4 is 17.3 Å². The molecule has 1 aromatic heterocycles. The summed E-state index contributed by atoms with van der Waals surface area (Å²) in [7, 11) is 0. The minimum atomic E-state index is -0.518. The molecule has 2 aromatic rings. The number of nitrogens with two attached hydrogens (primary N) is 3. The fourth-order valence-corrected chi connectivity index (χ4v) is 1.95. The standard InChI is InChI=1S/C9H10N6OS/c10-6-3-5(8(11)16)1-2-7(6)17-9-14-13-4-15(9)12/h1-4H,10,12H2,(H2,11,16). The summed E-state index contributed by atoms with van der Waals surface area (Å²) < 4.78 is 1.28. The van der Waals surface area contributed by atoms with Crippen LogP contribution in [0.2, 0.25) is 0 Å². The first-order chi connectivity index (χ1) is 8.08. The molecule has 0 atom stereocenters. The lowest BCUT2D eigenvalue weighted by Gasteiger charge is -2.05. The normalized spacial score (nSPS) is 10.4. The number of nitrogen functional groups attached to an aromatic ring is 2. The van der Waals surface area contributed by atoms with Crippen molar-refractivity contribution >= 4 is 23.4 Å². The summed E-state index contributed by atoms with van der Waals surface area (Å²) in [5.41, 5.74) is 11.7. The van der Waals surface area contributed by atoms with Crippen LogP contribution in [0.15, 0.2) is 34.6 Å². The summed E-state index contributed by atoms with van der Waals surface area (Å²) in [6.07, 6.45) is 1.39. The van der Waals surface area contributed by atoms with Gasteiger partial charge in [0.05, 0.1) is 0 Å². The zero-order chi connectivity index (χ0) is 12.4. The lowest BCUT2D eigenvalue weighted by atomic mass is 10.2. The Morgan fingerprint density at radius 2 is 2.18 bits per heavy atom. The maximum atomic E-state index is 10.9. The molecule has 1 aromatic carbocycles. The molecule has 0 aliphatic rings. The first kappa shape index (κ1) is 11.3. The highest BCUT2D eigenvalue weighted by atomic mass is 32.2. The minimum absolute atomic E-state index is 0.362. The number of benzene rings is 1. The van der Waals surface area contributed by atoms with Crippen LogP contribution in [0.1, 0.15) is 10.4 Å². The van der Waals surface area contributed by atoms with Crippen molar-refractivity contribution in [2.45, 2.75) is 10.1 Å². The lowest BCUT2D eigenvalue weighted by Crippen LogP contribution is -2.11. The third kappa shape index (κ3) is 2.31. The first-order valence-corrected chi connectivity index (χ1v) is 5.42. The average Bonchev–Trinajstić information content (AvgIpc) is 2.67. The van der Waals surface area contributed by atoms with E-state index in [1.807, 2.05) is 0 Å². The zero-order valence-electron chi connectivity index (χ0n) is 8.70. The highest BCUT2D eigenvalue weighted by Gasteiger charge is 2.09. The molecule has 1 heterocycles. The number of primary amides is 1. The van der Waals surface area contributed by atoms with Gasteiger partial charge in [0.15, 0.2) is 0 Å². The Morgan fingerprint density at radius 3 is 2.71 bits per heavy atom. The van der Waals surface area contributed by atoms with E-state index in [0.717, 1.165) is 4.90 Å². The van der Waals surface area contributed by atoms with Crippen LogP contribution in [0, 0.1) is 0 Å². The Kier molecular flexibility index (Phi) is 2.88. The molecule has 0 bridgehead atoms. The van der Waals surface area contributed by atoms with Crippen LogP contribution in [0.3, 0.4) is 0 Å². The predicted octanol–water partition coefficient (Wildman–Crippen LogP) is -0.176. The van der Waals surface area contributed by atoms with Crippen LogP contribution in [0.5, 0.6) is 0 Å². The molecule has 0 fully saturated rings. The van der Waals surface area contributed by atoms with Crippen molar-refractivity contribution in [1.29, 1.82) is 0 Å². The van der Waals surface area contributed by atoms with Gasteiger partial charge in [-0.3, -0.25) is 4.79 Å². The van der Waals surface area contributed by atoms with Gasteiger partial charge in [-0.05, 0) is 30.0 Å². The van der Waals surface area contributed by atoms with Gasteiger partial charge in [0.25, 0.3) is 0 Å². The van der Waals surface area contributed by atoms with Crippen molar-refractivity contribution in [2.24, 2.45) is 5.73 Å². The van der Waals surface area contributed by atoms with E-state index in [4.69, 9.17) is 17.3 Å². The van der Waals surface area contributed by atoms with Crippen molar-refractivity contribution in [2.75, 3.05) is 11.6 Å². The van der Waals surface area contributed by atoms with Crippen molar-refractivity contribution in [3.8, 4) is 0 Å². The first-order valence-electron chi connectivity index (χ1n) is 4.60. The summed E-state index contributed by atoms with van der Waals surface area (Å²) in [4.78, 5) is 11.7. The minimum Gasteiger partial charge on any atom is -0.398 e. The Balaban J connectivity index is 2.29. The molecule has 0 aliphatic heterocycles. The van der Waals surface area contributed by atoms with Crippen LogP contribution in [0.25, 0.3) is 0 Å². The fraction of sp³-hybridized carbons (Fsp3) is 0. The van der Waals surface area contributed by atoms with Crippen LogP contribution >= 0.6 is 11.8 Å². The van der Waals surface area contributed by atoms with Gasteiger partial charge in [-0.1, -0.05) is 0 Å². The summed E-state index contributed by atoms with van der Waals surface area (Å²) >= 11 is 1.26. The van der Waals surface area contributed by atoms with Gasteiger partial charge >= 0.3 is 0 Å². The summed E-state index contributed by atoms with van der Waals surface area (Å²) in [6, 6.07) is 4.80. The predicted molar refractivity (Wildman–Crippen MR) is 63.7 cm³/mol. The van der Waals surface area contributed by atoms with Gasteiger partial charge in [0.1, 0.15) is 6.33 Å². The number of aromatic nitrogens is 3. The highest BCUT2D eigenvalue weighted by Crippen LogP contribution is 2.30. The van der Waals surface area contributed by atoms with Crippen molar-refractivity contribution < 1.29 is 4.79 Å². The van der Waals surface area contributed by atoms with Crippen molar-refractivity contribution in [1.82, 2.24) is 14.9 Å². The Labute approximate surface area is 101 Å². The largest absolute Gasteiger partial charge is 0.398 e. The van der Waals surface area contributed by atoms with Gasteiger partial charge in [-0.25, -0.2) is 4.68 Å². The van der Waals surface area contributed by atoms with E-state index < -0.39 is 5.91 Å². The van der Waals surface area contributed by atoms with E-state index in [0.29, 0.717) is 16.4 Å². The Hall–Kier alpha value is -2.22. The lowest BCUT2D eigenvalue weighted by molar-refractivity contribution is 0.100. The Morgan fingerprint density at radius 1 is 1.41 bits per heavy atom. The number of carbonyl (C=O) groups is 1. The molecule has 1 amide bonds. The molecule has 6 N–H and O–H groups in total. The van der Waals surface area contributed by atoms with E-state index in [1.165, 1.54) is 28.8 Å². The zero-order valence-corrected chi connectivity index (χ0v) is 9.52. The summed E-state index contributed by atoms with van der Waals surface area (Å²) in [5.74, 6) is 5.05. The SMILES string of the molecule is NC(=O)c1ccc(Sc2nncn2N)c(N)c1. The number of carbonyl (C=O) groups excluding carboxylic acids is 1. The van der Waals surface area contributed by atoms with Gasteiger partial charge in [-0.15, -0.1) is 10.2 Å². The second-order valence-electron chi connectivity index (χ2n) is 3.24. The molecular formula is C9H10N6OS. The smallest absolute Gasteiger partial charge is 0.248 e. The molecule has 88 valence electrons. The van der Waals surface area contributed by atoms with Gasteiger partial charge in [-0.2, -0.15) is 0 Å². The number of anilines is 1. The third-order valence-corrected chi connectivity index (χ3v) is 3.10. The highest BCUT2D eigenvalue weighted by molar-refractivity contribution is 7.99. The molecular weight excluding hydrogens is 240 g/mol. The molecule has 8 heteroatoms. The maximum Gasteiger partial charge on any atom is 0.248 e. The molecule has 0 saturated carbocycles. The summed E-state index contributed by atoms with van der Waals surface area (Å²) in [5, 5.41) is 7.96. The maximum absolute atomic E-state index is 10.9. The quantitative estimate of drug-likeness (QED) is 0.512. The second kappa shape index (κ2) is 4.34. The molecule has 0 aliphatic carbocycles. The second-order valence-corrected chi connectivity index (χ2v) is 4.25. The van der Waals surface area contributed by atoms with Gasteiger partial charge in [0, 0.05) is 16.1 Å². The Bertz CT molecular complexity index is 566. The van der Waals surface area contributed by atoms with E-state index in [1.54, 1.807) is 12.1 Å². The number of amides is 1. The van der Waals surface area contributed by atoms with E-state index >= 15 is 0 Å². The molecule has 0 saturated heterocycles. The summed E-state index contributed by atoms with van der Waals surface area (Å²) in [6.45, 7) is 0. The average molecular weight is 250 g/mol. The molecule has 7 nitrogen and oxygen atoms in total. The molecule has 2 rings (SSSR count). The van der Waals surface area contributed by atoms with Crippen LogP contribution in [-0.4, -0.2) is 20.8 Å². The van der Waals surface area contributed by atoms with Gasteiger partial charge < -0.3 is 17.3 Å². The topological polar surface area (TPSA) is 126 Å². The number of hydrogen-bond donors (Lipinski definition) is 3. The van der Waals surface area contributed by atoms with E-state index in [9.17, 15) is 4.79 Å². The number of nitrogens with zero attached hydrogens (tertiary/aromatic N) is 3. The van der Waals surface area contributed by atoms with E-state index in [-0.39, 0.29) is 0 Å². The number of hydrogen-bond acceptors (Lipinski definition) is 6. The fourth-order valence-electron chi connectivity index (χ4n) is 1.20. The third-order valence-electron chi connectivity index (χ3n) is 2.04. The molecule has 0 radical (unpaired) electrons. The van der Waals surface area contributed by atoms with Crippen LogP contribution in [0.4, 0.5) is 5.69 Å². The molecule has 0 spiro atoms. The molecule has 0 unspecified atom stereocenters. The van der Waals surface area contributed by atoms with Gasteiger partial charge in [0.2, 0.25) is 11.1 Å². The molecule has 17 heavy (non-hydrogen) atoms. The van der Waals surface area contributed by atoms with Crippen LogP contribution in [-0.2, 0) is 0 Å². The monoisotopic (exact) mass is 250 g/mol. The van der Waals surface area contributed by atoms with Crippen molar-refractivity contribution in [3.05, 3.63) is 30.1 Å².